The minimum Gasteiger partial charge on any atom is -0.497 e. The molecule has 0 bridgehead atoms. The van der Waals surface area contributed by atoms with E-state index in [1.165, 1.54) is 16.0 Å². The van der Waals surface area contributed by atoms with E-state index in [0.717, 1.165) is 32.8 Å². The molecule has 0 saturated carbocycles. The van der Waals surface area contributed by atoms with Crippen LogP contribution in [0.25, 0.3) is 26.6 Å². The van der Waals surface area contributed by atoms with Gasteiger partial charge in [0, 0.05) is 11.3 Å². The summed E-state index contributed by atoms with van der Waals surface area (Å²) in [5, 5.41) is 3.86. The van der Waals surface area contributed by atoms with E-state index in [2.05, 4.69) is 10.1 Å². The zero-order valence-electron chi connectivity index (χ0n) is 19.6. The highest BCUT2D eigenvalue weighted by molar-refractivity contribution is 7.20. The van der Waals surface area contributed by atoms with E-state index in [1.54, 1.807) is 7.11 Å². The lowest BCUT2D eigenvalue weighted by Crippen LogP contribution is -2.19. The molecule has 9 heteroatoms. The Kier molecular flexibility index (Phi) is 5.54. The summed E-state index contributed by atoms with van der Waals surface area (Å²) in [6, 6.07) is 21.1. The Morgan fingerprint density at radius 1 is 1.11 bits per heavy atom. The topological polar surface area (TPSA) is 90.7 Å². The van der Waals surface area contributed by atoms with Gasteiger partial charge in [-0.05, 0) is 61.0 Å². The van der Waals surface area contributed by atoms with E-state index in [-0.39, 0.29) is 12.4 Å². The summed E-state index contributed by atoms with van der Waals surface area (Å²) in [7, 11) is 1.62. The van der Waals surface area contributed by atoms with Crippen molar-refractivity contribution in [1.29, 1.82) is 0 Å². The van der Waals surface area contributed by atoms with Gasteiger partial charge in [0.2, 0.25) is 11.9 Å². The number of aliphatic imine (C=N–C) groups is 1. The van der Waals surface area contributed by atoms with Gasteiger partial charge in [0.25, 0.3) is 5.56 Å². The van der Waals surface area contributed by atoms with E-state index in [1.807, 2.05) is 73.7 Å². The minimum absolute atomic E-state index is 0.202. The highest BCUT2D eigenvalue weighted by Crippen LogP contribution is 2.33. The van der Waals surface area contributed by atoms with Gasteiger partial charge < -0.3 is 14.2 Å². The van der Waals surface area contributed by atoms with Crippen molar-refractivity contribution in [3.05, 3.63) is 88.2 Å². The zero-order chi connectivity index (χ0) is 24.6. The minimum atomic E-state index is -0.202. The lowest BCUT2D eigenvalue weighted by Gasteiger charge is -2.05. The Labute approximate surface area is 210 Å². The monoisotopic (exact) mass is 498 g/mol. The van der Waals surface area contributed by atoms with Gasteiger partial charge in [0.05, 0.1) is 35.1 Å². The zero-order valence-corrected chi connectivity index (χ0v) is 20.5. The first-order valence-corrected chi connectivity index (χ1v) is 12.2. The fourth-order valence-corrected chi connectivity index (χ4v) is 5.08. The maximum absolute atomic E-state index is 13.7. The van der Waals surface area contributed by atoms with E-state index >= 15 is 0 Å². The molecule has 1 aliphatic rings. The van der Waals surface area contributed by atoms with Crippen LogP contribution in [0.15, 0.2) is 76.5 Å². The lowest BCUT2D eigenvalue weighted by molar-refractivity contribution is 0.174. The number of methoxy groups -OCH3 is 1. The number of H-pyrrole nitrogens is 1. The van der Waals surface area contributed by atoms with Crippen molar-refractivity contribution >= 4 is 27.3 Å². The number of benzene rings is 3. The predicted molar refractivity (Wildman–Crippen MR) is 140 cm³/mol. The van der Waals surface area contributed by atoms with Crippen LogP contribution in [0.5, 0.6) is 17.2 Å². The van der Waals surface area contributed by atoms with Crippen molar-refractivity contribution in [2.24, 2.45) is 4.99 Å². The Hall–Kier alpha value is -4.37. The van der Waals surface area contributed by atoms with Crippen LogP contribution in [0.4, 0.5) is 0 Å². The molecule has 0 atom stereocenters. The lowest BCUT2D eigenvalue weighted by atomic mass is 10.0. The highest BCUT2D eigenvalue weighted by Gasteiger charge is 2.21. The van der Waals surface area contributed by atoms with Gasteiger partial charge in [-0.3, -0.25) is 14.9 Å². The summed E-state index contributed by atoms with van der Waals surface area (Å²) in [5.74, 6) is 2.17. The standard InChI is InChI=1S/C27H22N4O4S/c1-16(28-14-17-7-12-21-22(13-17)35-15-34-21)24-25(18-8-10-19(33-2)11-9-18)30-31(26(24)32)27-29-20-5-3-4-6-23(20)36-27/h3-13,30H,14-15H2,1-2H3. The summed E-state index contributed by atoms with van der Waals surface area (Å²) >= 11 is 1.46. The molecule has 6 rings (SSSR count). The van der Waals surface area contributed by atoms with Gasteiger partial charge in [0.15, 0.2) is 11.5 Å². The van der Waals surface area contributed by atoms with Crippen LogP contribution < -0.4 is 19.8 Å². The molecule has 36 heavy (non-hydrogen) atoms. The van der Waals surface area contributed by atoms with E-state index in [0.29, 0.717) is 34.4 Å². The molecule has 0 amide bonds. The quantitative estimate of drug-likeness (QED) is 0.326. The second-order valence-electron chi connectivity index (χ2n) is 8.28. The number of fused-ring (bicyclic) bond motifs is 2. The Morgan fingerprint density at radius 2 is 1.92 bits per heavy atom. The Morgan fingerprint density at radius 3 is 2.72 bits per heavy atom. The fraction of sp³-hybridized carbons (Fsp3) is 0.148. The van der Waals surface area contributed by atoms with Crippen LogP contribution in [-0.2, 0) is 6.54 Å². The maximum Gasteiger partial charge on any atom is 0.283 e. The van der Waals surface area contributed by atoms with Crippen molar-refractivity contribution in [3.8, 4) is 33.6 Å². The van der Waals surface area contributed by atoms with Crippen LogP contribution in [0, 0.1) is 0 Å². The van der Waals surface area contributed by atoms with Gasteiger partial charge in [-0.15, -0.1) is 0 Å². The van der Waals surface area contributed by atoms with Crippen LogP contribution >= 0.6 is 11.3 Å². The normalized spacial score (nSPS) is 12.9. The van der Waals surface area contributed by atoms with Gasteiger partial charge in [-0.25, -0.2) is 4.98 Å². The summed E-state index contributed by atoms with van der Waals surface area (Å²) in [6.45, 7) is 2.48. The molecule has 3 aromatic carbocycles. The number of aromatic amines is 1. The first-order chi connectivity index (χ1) is 17.6. The SMILES string of the molecule is COc1ccc(-c2[nH]n(-c3nc4ccccc4s3)c(=O)c2C(C)=NCc2ccc3c(c2)OCO3)cc1. The molecule has 5 aromatic rings. The summed E-state index contributed by atoms with van der Waals surface area (Å²) in [4.78, 5) is 23.2. The van der Waals surface area contributed by atoms with Crippen LogP contribution in [0.1, 0.15) is 18.1 Å². The molecule has 2 aromatic heterocycles. The van der Waals surface area contributed by atoms with Gasteiger partial charge in [-0.1, -0.05) is 29.5 Å². The molecule has 0 unspecified atom stereocenters. The Bertz CT molecular complexity index is 1630. The van der Waals surface area contributed by atoms with Crippen molar-refractivity contribution in [2.45, 2.75) is 13.5 Å². The Balaban J connectivity index is 1.43. The number of rotatable bonds is 6. The molecule has 0 fully saturated rings. The third-order valence-electron chi connectivity index (χ3n) is 6.04. The second kappa shape index (κ2) is 9.01. The smallest absolute Gasteiger partial charge is 0.283 e. The molecule has 3 heterocycles. The van der Waals surface area contributed by atoms with Crippen LogP contribution in [0.2, 0.25) is 0 Å². The number of thiazole rings is 1. The molecule has 1 aliphatic heterocycles. The average molecular weight is 499 g/mol. The predicted octanol–water partition coefficient (Wildman–Crippen LogP) is 5.19. The molecule has 0 aliphatic carbocycles. The molecule has 1 N–H and O–H groups in total. The first-order valence-electron chi connectivity index (χ1n) is 11.4. The second-order valence-corrected chi connectivity index (χ2v) is 9.29. The van der Waals surface area contributed by atoms with E-state index in [4.69, 9.17) is 19.2 Å². The molecular weight excluding hydrogens is 476 g/mol. The number of nitrogens with one attached hydrogen (secondary N) is 1. The van der Waals surface area contributed by atoms with Crippen molar-refractivity contribution in [1.82, 2.24) is 14.8 Å². The molecule has 0 saturated heterocycles. The van der Waals surface area contributed by atoms with Gasteiger partial charge >= 0.3 is 0 Å². The number of para-hydroxylation sites is 1. The number of hydrogen-bond acceptors (Lipinski definition) is 7. The first kappa shape index (κ1) is 22.1. The van der Waals surface area contributed by atoms with Gasteiger partial charge in [0.1, 0.15) is 5.75 Å². The van der Waals surface area contributed by atoms with Crippen molar-refractivity contribution in [2.75, 3.05) is 13.9 Å². The maximum atomic E-state index is 13.7. The highest BCUT2D eigenvalue weighted by atomic mass is 32.1. The molecule has 0 spiro atoms. The molecule has 8 nitrogen and oxygen atoms in total. The largest absolute Gasteiger partial charge is 0.497 e. The summed E-state index contributed by atoms with van der Waals surface area (Å²) < 4.78 is 18.7. The van der Waals surface area contributed by atoms with E-state index in [9.17, 15) is 4.79 Å². The number of nitrogens with zero attached hydrogens (tertiary/aromatic N) is 3. The van der Waals surface area contributed by atoms with Gasteiger partial charge in [-0.2, -0.15) is 4.68 Å². The van der Waals surface area contributed by atoms with E-state index < -0.39 is 0 Å². The molecular formula is C27H22N4O4S. The number of hydrogen-bond donors (Lipinski definition) is 1. The molecule has 180 valence electrons. The fourth-order valence-electron chi connectivity index (χ4n) is 4.16. The third kappa shape index (κ3) is 3.93. The summed E-state index contributed by atoms with van der Waals surface area (Å²) in [6.07, 6.45) is 0. The third-order valence-corrected chi connectivity index (χ3v) is 7.06. The average Bonchev–Trinajstić information content (AvgIpc) is 3.63. The van der Waals surface area contributed by atoms with Crippen LogP contribution in [-0.4, -0.2) is 34.4 Å². The van der Waals surface area contributed by atoms with Crippen molar-refractivity contribution in [3.63, 3.8) is 0 Å². The number of ether oxygens (including phenoxy) is 3. The number of aromatic nitrogens is 3. The molecule has 0 radical (unpaired) electrons. The van der Waals surface area contributed by atoms with Crippen LogP contribution in [0.3, 0.4) is 0 Å². The van der Waals surface area contributed by atoms with Crippen molar-refractivity contribution < 1.29 is 14.2 Å². The summed E-state index contributed by atoms with van der Waals surface area (Å²) in [5.41, 5.74) is 4.26.